The van der Waals surface area contributed by atoms with Gasteiger partial charge in [0, 0.05) is 12.8 Å². The van der Waals surface area contributed by atoms with E-state index in [9.17, 15) is 19.8 Å². The predicted molar refractivity (Wildman–Crippen MR) is 255 cm³/mol. The van der Waals surface area contributed by atoms with Crippen LogP contribution in [-0.2, 0) is 14.3 Å². The van der Waals surface area contributed by atoms with Crippen LogP contribution in [0.2, 0.25) is 0 Å². The molecule has 2 unspecified atom stereocenters. The number of esters is 1. The zero-order valence-electron chi connectivity index (χ0n) is 39.2. The van der Waals surface area contributed by atoms with E-state index in [0.29, 0.717) is 19.4 Å². The molecule has 1 amide bonds. The topological polar surface area (TPSA) is 95.9 Å². The fourth-order valence-corrected chi connectivity index (χ4v) is 7.62. The average molecular weight is 830 g/mol. The molecular formula is C53H99NO5. The van der Waals surface area contributed by atoms with Gasteiger partial charge in [-0.1, -0.05) is 204 Å². The fraction of sp³-hybridized carbons (Fsp3) is 0.849. The van der Waals surface area contributed by atoms with Crippen molar-refractivity contribution in [3.05, 3.63) is 36.5 Å². The zero-order valence-corrected chi connectivity index (χ0v) is 39.2. The number of ether oxygens (including phenoxy) is 1. The number of aliphatic hydroxyl groups is 2. The molecular weight excluding hydrogens is 731 g/mol. The van der Waals surface area contributed by atoms with Crippen molar-refractivity contribution in [2.45, 2.75) is 276 Å². The van der Waals surface area contributed by atoms with Crippen LogP contribution in [0.3, 0.4) is 0 Å². The van der Waals surface area contributed by atoms with Gasteiger partial charge in [0.15, 0.2) is 0 Å². The predicted octanol–water partition coefficient (Wildman–Crippen LogP) is 15.3. The maximum Gasteiger partial charge on any atom is 0.305 e. The summed E-state index contributed by atoms with van der Waals surface area (Å²) in [4.78, 5) is 24.4. The number of hydrogen-bond acceptors (Lipinski definition) is 5. The van der Waals surface area contributed by atoms with Gasteiger partial charge in [-0.05, 0) is 83.5 Å². The Morgan fingerprint density at radius 3 is 1.22 bits per heavy atom. The number of allylic oxidation sites excluding steroid dienone is 5. The normalized spacial score (nSPS) is 12.9. The van der Waals surface area contributed by atoms with E-state index in [2.05, 4.69) is 43.5 Å². The molecule has 0 saturated carbocycles. The van der Waals surface area contributed by atoms with Crippen LogP contribution in [0, 0.1) is 0 Å². The van der Waals surface area contributed by atoms with Crippen LogP contribution in [0.15, 0.2) is 36.5 Å². The molecule has 3 N–H and O–H groups in total. The second-order valence-corrected chi connectivity index (χ2v) is 17.5. The van der Waals surface area contributed by atoms with Crippen molar-refractivity contribution in [3.8, 4) is 0 Å². The lowest BCUT2D eigenvalue weighted by Gasteiger charge is -2.19. The van der Waals surface area contributed by atoms with E-state index in [1.165, 1.54) is 167 Å². The molecule has 0 aromatic carbocycles. The van der Waals surface area contributed by atoms with Gasteiger partial charge in [0.25, 0.3) is 0 Å². The second-order valence-electron chi connectivity index (χ2n) is 17.5. The third-order valence-electron chi connectivity index (χ3n) is 11.6. The van der Waals surface area contributed by atoms with Gasteiger partial charge in [-0.25, -0.2) is 0 Å². The Hall–Kier alpha value is -1.92. The standard InChI is InChI=1S/C53H99NO5/c1-3-5-7-9-11-13-15-17-18-19-23-27-31-35-39-43-47-53(58)59-48-44-40-36-32-28-24-20-22-26-30-34-38-42-46-52(57)54-50(49-55)51(56)45-41-37-33-29-25-21-16-14-12-10-8-6-4-2/h18-19,22,26,41,45,50-51,55-56H,3-17,20-21,23-25,27-40,42-44,46-49H2,1-2H3,(H,54,57)/b19-18-,26-22-,45-41+. The van der Waals surface area contributed by atoms with Crippen LogP contribution in [0.5, 0.6) is 0 Å². The van der Waals surface area contributed by atoms with Gasteiger partial charge >= 0.3 is 5.97 Å². The van der Waals surface area contributed by atoms with Crippen LogP contribution >= 0.6 is 0 Å². The molecule has 0 fully saturated rings. The number of unbranched alkanes of at least 4 members (excludes halogenated alkanes) is 32. The van der Waals surface area contributed by atoms with Crippen molar-refractivity contribution >= 4 is 11.9 Å². The number of rotatable bonds is 47. The molecule has 0 aliphatic heterocycles. The number of carbonyl (C=O) groups excluding carboxylic acids is 2. The molecule has 0 heterocycles. The summed E-state index contributed by atoms with van der Waals surface area (Å²) >= 11 is 0. The smallest absolute Gasteiger partial charge is 0.305 e. The van der Waals surface area contributed by atoms with E-state index >= 15 is 0 Å². The molecule has 0 rings (SSSR count). The highest BCUT2D eigenvalue weighted by atomic mass is 16.5. The van der Waals surface area contributed by atoms with Crippen molar-refractivity contribution in [3.63, 3.8) is 0 Å². The van der Waals surface area contributed by atoms with Crippen molar-refractivity contribution in [1.82, 2.24) is 5.32 Å². The molecule has 346 valence electrons. The van der Waals surface area contributed by atoms with Gasteiger partial charge in [0.2, 0.25) is 5.91 Å². The van der Waals surface area contributed by atoms with Crippen molar-refractivity contribution in [2.75, 3.05) is 13.2 Å². The molecule has 6 heteroatoms. The van der Waals surface area contributed by atoms with Gasteiger partial charge < -0.3 is 20.3 Å². The Morgan fingerprint density at radius 1 is 0.458 bits per heavy atom. The maximum absolute atomic E-state index is 12.4. The van der Waals surface area contributed by atoms with Gasteiger partial charge in [-0.2, -0.15) is 0 Å². The summed E-state index contributed by atoms with van der Waals surface area (Å²) < 4.78 is 5.45. The molecule has 2 atom stereocenters. The SMILES string of the molecule is CCCCCCCCC/C=C\CCCCCCCC(=O)OCCCCCCCC/C=C\CCCCCC(=O)NC(CO)C(O)/C=C/CCCCCCCCCCCCC. The van der Waals surface area contributed by atoms with Gasteiger partial charge in [0.05, 0.1) is 25.4 Å². The molecule has 6 nitrogen and oxygen atoms in total. The number of nitrogens with one attached hydrogen (secondary N) is 1. The number of hydrogen-bond donors (Lipinski definition) is 3. The lowest BCUT2D eigenvalue weighted by Crippen LogP contribution is -2.45. The minimum atomic E-state index is -0.861. The van der Waals surface area contributed by atoms with E-state index < -0.39 is 12.1 Å². The highest BCUT2D eigenvalue weighted by Crippen LogP contribution is 2.14. The Balaban J connectivity index is 3.53. The molecule has 59 heavy (non-hydrogen) atoms. The van der Waals surface area contributed by atoms with Crippen LogP contribution < -0.4 is 5.32 Å². The lowest BCUT2D eigenvalue weighted by molar-refractivity contribution is -0.143. The van der Waals surface area contributed by atoms with E-state index in [1.54, 1.807) is 6.08 Å². The molecule has 0 aliphatic rings. The zero-order chi connectivity index (χ0) is 43.0. The first-order valence-corrected chi connectivity index (χ1v) is 25.8. The summed E-state index contributed by atoms with van der Waals surface area (Å²) in [6.45, 7) is 4.84. The number of amides is 1. The largest absolute Gasteiger partial charge is 0.466 e. The van der Waals surface area contributed by atoms with Crippen LogP contribution in [0.25, 0.3) is 0 Å². The third kappa shape index (κ3) is 45.4. The fourth-order valence-electron chi connectivity index (χ4n) is 7.62. The summed E-state index contributed by atoms with van der Waals surface area (Å²) in [5, 5.41) is 23.0. The first-order chi connectivity index (χ1) is 29.0. The highest BCUT2D eigenvalue weighted by Gasteiger charge is 2.18. The van der Waals surface area contributed by atoms with E-state index in [0.717, 1.165) is 70.6 Å². The average Bonchev–Trinajstić information content (AvgIpc) is 3.24. The van der Waals surface area contributed by atoms with Gasteiger partial charge in [-0.15, -0.1) is 0 Å². The first kappa shape index (κ1) is 57.1. The summed E-state index contributed by atoms with van der Waals surface area (Å²) in [5.41, 5.74) is 0. The van der Waals surface area contributed by atoms with Gasteiger partial charge in [-0.3, -0.25) is 9.59 Å². The summed E-state index contributed by atoms with van der Waals surface area (Å²) in [7, 11) is 0. The van der Waals surface area contributed by atoms with Crippen molar-refractivity contribution in [1.29, 1.82) is 0 Å². The van der Waals surface area contributed by atoms with Crippen molar-refractivity contribution < 1.29 is 24.5 Å². The minimum Gasteiger partial charge on any atom is -0.466 e. The number of carbonyl (C=O) groups is 2. The monoisotopic (exact) mass is 830 g/mol. The number of aliphatic hydroxyl groups excluding tert-OH is 2. The molecule has 0 aliphatic carbocycles. The Labute approximate surface area is 366 Å². The molecule has 0 saturated heterocycles. The summed E-state index contributed by atoms with van der Waals surface area (Å²) in [6.07, 6.45) is 58.6. The molecule has 0 aromatic heterocycles. The lowest BCUT2D eigenvalue weighted by atomic mass is 10.0. The van der Waals surface area contributed by atoms with E-state index in [1.807, 2.05) is 6.08 Å². The Morgan fingerprint density at radius 2 is 0.797 bits per heavy atom. The van der Waals surface area contributed by atoms with Crippen LogP contribution in [0.1, 0.15) is 264 Å². The first-order valence-electron chi connectivity index (χ1n) is 25.8. The molecule has 0 spiro atoms. The molecule has 0 radical (unpaired) electrons. The second kappa shape index (κ2) is 48.7. The van der Waals surface area contributed by atoms with E-state index in [4.69, 9.17) is 4.74 Å². The third-order valence-corrected chi connectivity index (χ3v) is 11.6. The maximum atomic E-state index is 12.4. The summed E-state index contributed by atoms with van der Waals surface area (Å²) in [5.74, 6) is -0.122. The quantitative estimate of drug-likeness (QED) is 0.0323. The van der Waals surface area contributed by atoms with Crippen molar-refractivity contribution in [2.24, 2.45) is 0 Å². The molecule has 0 bridgehead atoms. The minimum absolute atomic E-state index is 0.0221. The Kier molecular flexibility index (Phi) is 47.2. The van der Waals surface area contributed by atoms with Crippen LogP contribution in [0.4, 0.5) is 0 Å². The highest BCUT2D eigenvalue weighted by molar-refractivity contribution is 5.76. The summed E-state index contributed by atoms with van der Waals surface area (Å²) in [6, 6.07) is -0.648. The Bertz CT molecular complexity index is 962. The van der Waals surface area contributed by atoms with Crippen LogP contribution in [-0.4, -0.2) is 47.4 Å². The van der Waals surface area contributed by atoms with Gasteiger partial charge in [0.1, 0.15) is 0 Å². The molecule has 0 aromatic rings. The van der Waals surface area contributed by atoms with E-state index in [-0.39, 0.29) is 18.5 Å².